The second-order valence-electron chi connectivity index (χ2n) is 16.2. The van der Waals surface area contributed by atoms with Crippen molar-refractivity contribution in [1.82, 2.24) is 5.32 Å². The zero-order valence-electron chi connectivity index (χ0n) is 35.2. The number of rotatable bonds is 20. The molecular formula is C43H50N6O13S. The van der Waals surface area contributed by atoms with E-state index in [1.807, 2.05) is 0 Å². The van der Waals surface area contributed by atoms with E-state index in [1.54, 1.807) is 44.2 Å². The summed E-state index contributed by atoms with van der Waals surface area (Å²) in [4.78, 5) is 94.4. The summed E-state index contributed by atoms with van der Waals surface area (Å²) in [5.41, 5.74) is 1.99. The lowest BCUT2D eigenvalue weighted by Crippen LogP contribution is -2.51. The second-order valence-corrected chi connectivity index (χ2v) is 17.2. The maximum atomic E-state index is 14.3. The normalized spacial score (nSPS) is 18.3. The molecule has 1 aliphatic rings. The number of carboxylic acids is 1. The highest BCUT2D eigenvalue weighted by Gasteiger charge is 2.59. The van der Waals surface area contributed by atoms with Gasteiger partial charge in [-0.2, -0.15) is 13.7 Å². The number of hydrogen-bond acceptors (Lipinski definition) is 12. The van der Waals surface area contributed by atoms with Gasteiger partial charge in [-0.3, -0.25) is 33.4 Å². The molecular weight excluding hydrogens is 841 g/mol. The highest BCUT2D eigenvalue weighted by atomic mass is 32.3. The minimum atomic E-state index is -4.76. The zero-order chi connectivity index (χ0) is 46.9. The summed E-state index contributed by atoms with van der Waals surface area (Å²) in [6, 6.07) is 19.9. The van der Waals surface area contributed by atoms with Gasteiger partial charge in [-0.05, 0) is 100 Å². The number of aromatic carboxylic acids is 1. The number of nitrogens with one attached hydrogen (secondary N) is 3. The van der Waals surface area contributed by atoms with Crippen molar-refractivity contribution in [1.29, 1.82) is 5.26 Å². The Kier molecular flexibility index (Phi) is 15.4. The van der Waals surface area contributed by atoms with Crippen LogP contribution in [0.25, 0.3) is 0 Å². The van der Waals surface area contributed by atoms with Crippen LogP contribution in [-0.2, 0) is 39.1 Å². The minimum absolute atomic E-state index is 0.00878. The average molecular weight is 891 g/mol. The molecule has 1 aliphatic heterocycles. The molecule has 0 spiro atoms. The Morgan fingerprint density at radius 3 is 2.00 bits per heavy atom. The lowest BCUT2D eigenvalue weighted by molar-refractivity contribution is -0.161. The molecule has 3 aromatic rings. The first kappa shape index (κ1) is 48.8. The molecule has 4 rings (SSSR count). The van der Waals surface area contributed by atoms with Crippen LogP contribution in [0.4, 0.5) is 21.9 Å². The number of anilines is 3. The first-order valence-electron chi connectivity index (χ1n) is 19.7. The molecule has 1 saturated heterocycles. The molecule has 0 aromatic heterocycles. The number of amides is 6. The van der Waals surface area contributed by atoms with E-state index in [0.717, 1.165) is 4.90 Å². The second kappa shape index (κ2) is 19.9. The largest absolute Gasteiger partial charge is 0.478 e. The molecule has 336 valence electrons. The Balaban J connectivity index is 1.59. The van der Waals surface area contributed by atoms with Crippen molar-refractivity contribution in [2.24, 2.45) is 39.7 Å². The topological polar surface area (TPSA) is 302 Å². The smallest absolute Gasteiger partial charge is 0.446 e. The summed E-state index contributed by atoms with van der Waals surface area (Å²) < 4.78 is 40.7. The monoisotopic (exact) mass is 890 g/mol. The lowest BCUT2D eigenvalue weighted by atomic mass is 9.61. The van der Waals surface area contributed by atoms with Crippen molar-refractivity contribution in [3.8, 4) is 11.8 Å². The number of nitrogens with zero attached hydrogens (tertiary/aromatic N) is 2. The average Bonchev–Trinajstić information content (AvgIpc) is 3.45. The number of nitrogens with two attached hydrogens (primary N) is 1. The Bertz CT molecular complexity index is 2370. The van der Waals surface area contributed by atoms with Gasteiger partial charge in [0, 0.05) is 28.6 Å². The molecule has 0 saturated carbocycles. The molecule has 0 bridgehead atoms. The van der Waals surface area contributed by atoms with Gasteiger partial charge in [0.1, 0.15) is 12.4 Å². The first-order chi connectivity index (χ1) is 29.5. The van der Waals surface area contributed by atoms with Crippen LogP contribution in [0, 0.1) is 45.3 Å². The van der Waals surface area contributed by atoms with E-state index < -0.39 is 99.0 Å². The molecule has 1 heterocycles. The van der Waals surface area contributed by atoms with Gasteiger partial charge in [0.05, 0.1) is 40.6 Å². The summed E-state index contributed by atoms with van der Waals surface area (Å²) in [5, 5.41) is 27.5. The van der Waals surface area contributed by atoms with E-state index >= 15 is 0 Å². The maximum absolute atomic E-state index is 14.3. The summed E-state index contributed by atoms with van der Waals surface area (Å²) >= 11 is 0. The van der Waals surface area contributed by atoms with Gasteiger partial charge in [-0.25, -0.2) is 9.59 Å². The van der Waals surface area contributed by atoms with Crippen molar-refractivity contribution in [3.63, 3.8) is 0 Å². The number of para-hydroxylation sites is 1. The molecule has 6 atom stereocenters. The molecule has 63 heavy (non-hydrogen) atoms. The van der Waals surface area contributed by atoms with Crippen molar-refractivity contribution >= 4 is 69.1 Å². The van der Waals surface area contributed by atoms with Crippen LogP contribution in [0.15, 0.2) is 78.9 Å². The standard InChI is InChI=1S/C43H50N6O13S/c1-6-41(3,38(55)47-29-14-12-28(13-15-29)36(52)53)22-27(24-44)23-42(4,39(56)61-21-20-46-40(57)48-30-16-18-32(19-17-30)62-63(58,59)60)25-43(5,37(45)54)33-26(2)34(50)49(35(33)51)31-10-8-7-9-11-31/h7-19,26-27,33H,6,20-23,25H2,1-5H3,(H2,45,54)(H,47,55)(H,52,53)(H2,46,48,57)(H,58,59,60). The van der Waals surface area contributed by atoms with Crippen molar-refractivity contribution < 1.29 is 60.6 Å². The van der Waals surface area contributed by atoms with Gasteiger partial charge >= 0.3 is 28.4 Å². The molecule has 0 aliphatic carbocycles. The number of esters is 1. The summed E-state index contributed by atoms with van der Waals surface area (Å²) in [6.07, 6.45) is -0.650. The van der Waals surface area contributed by atoms with Crippen LogP contribution < -0.4 is 30.8 Å². The van der Waals surface area contributed by atoms with E-state index in [1.165, 1.54) is 69.3 Å². The summed E-state index contributed by atoms with van der Waals surface area (Å²) in [5.74, 6) is -8.54. The SMILES string of the molecule is CCC(C)(CC(C#N)CC(C)(CC(C)(C(N)=O)C1C(=O)N(c2ccccc2)C(=O)C1C)C(=O)OCCNC(=O)Nc1ccc(OS(=O)(=O)O)cc1)C(=O)Nc1ccc(C(=O)O)cc1. The minimum Gasteiger partial charge on any atom is -0.478 e. The van der Waals surface area contributed by atoms with Crippen LogP contribution in [0.3, 0.4) is 0 Å². The third kappa shape index (κ3) is 12.0. The molecule has 6 unspecified atom stereocenters. The predicted octanol–water partition coefficient (Wildman–Crippen LogP) is 4.92. The van der Waals surface area contributed by atoms with Crippen LogP contribution in [-0.4, -0.2) is 72.8 Å². The predicted molar refractivity (Wildman–Crippen MR) is 227 cm³/mol. The number of urea groups is 1. The van der Waals surface area contributed by atoms with E-state index in [2.05, 4.69) is 26.2 Å². The molecule has 3 aromatic carbocycles. The van der Waals surface area contributed by atoms with Gasteiger partial charge in [-0.15, -0.1) is 0 Å². The number of primary amides is 1. The molecule has 6 amide bonds. The molecule has 0 radical (unpaired) electrons. The lowest BCUT2D eigenvalue weighted by Gasteiger charge is -2.41. The fourth-order valence-corrected chi connectivity index (χ4v) is 8.21. The van der Waals surface area contributed by atoms with Gasteiger partial charge in [0.2, 0.25) is 23.6 Å². The number of carbonyl (C=O) groups excluding carboxylic acids is 6. The Morgan fingerprint density at radius 2 is 1.46 bits per heavy atom. The van der Waals surface area contributed by atoms with Gasteiger partial charge in [-0.1, -0.05) is 39.0 Å². The fraction of sp³-hybridized carbons (Fsp3) is 0.395. The fourth-order valence-electron chi connectivity index (χ4n) is 7.85. The Morgan fingerprint density at radius 1 is 0.889 bits per heavy atom. The van der Waals surface area contributed by atoms with Crippen LogP contribution in [0.1, 0.15) is 70.7 Å². The number of carbonyl (C=O) groups is 7. The molecule has 1 fully saturated rings. The third-order valence-corrected chi connectivity index (χ3v) is 11.7. The molecule has 20 heteroatoms. The van der Waals surface area contributed by atoms with Gasteiger partial charge in [0.25, 0.3) is 0 Å². The molecule has 19 nitrogen and oxygen atoms in total. The van der Waals surface area contributed by atoms with E-state index in [4.69, 9.17) is 15.0 Å². The number of hydrogen-bond donors (Lipinski definition) is 6. The van der Waals surface area contributed by atoms with Crippen LogP contribution >= 0.6 is 0 Å². The highest BCUT2D eigenvalue weighted by Crippen LogP contribution is 2.50. The Hall–Kier alpha value is -6.85. The zero-order valence-corrected chi connectivity index (χ0v) is 36.1. The Labute approximate surface area is 364 Å². The highest BCUT2D eigenvalue weighted by molar-refractivity contribution is 7.81. The summed E-state index contributed by atoms with van der Waals surface area (Å²) in [7, 11) is -4.76. The van der Waals surface area contributed by atoms with Crippen molar-refractivity contribution in [2.75, 3.05) is 28.7 Å². The van der Waals surface area contributed by atoms with Crippen molar-refractivity contribution in [2.45, 2.75) is 60.3 Å². The van der Waals surface area contributed by atoms with Gasteiger partial charge < -0.3 is 35.7 Å². The third-order valence-electron chi connectivity index (χ3n) is 11.3. The first-order valence-corrected chi connectivity index (χ1v) is 21.1. The van der Waals surface area contributed by atoms with E-state index in [-0.39, 0.29) is 48.5 Å². The van der Waals surface area contributed by atoms with E-state index in [9.17, 15) is 52.3 Å². The van der Waals surface area contributed by atoms with E-state index in [0.29, 0.717) is 5.69 Å². The number of benzene rings is 3. The number of ether oxygens (including phenoxy) is 1. The van der Waals surface area contributed by atoms with Crippen molar-refractivity contribution in [3.05, 3.63) is 84.4 Å². The molecule has 7 N–H and O–H groups in total. The quantitative estimate of drug-likeness (QED) is 0.0380. The van der Waals surface area contributed by atoms with Crippen LogP contribution in [0.2, 0.25) is 0 Å². The van der Waals surface area contributed by atoms with Crippen LogP contribution in [0.5, 0.6) is 5.75 Å². The maximum Gasteiger partial charge on any atom is 0.446 e. The number of nitriles is 1. The van der Waals surface area contributed by atoms with Gasteiger partial charge in [0.15, 0.2) is 0 Å². The number of imide groups is 1. The number of carboxylic acid groups (broad SMARTS) is 1. The summed E-state index contributed by atoms with van der Waals surface area (Å²) in [6.45, 7) is 7.01.